The molecule has 0 unspecified atom stereocenters. The molecule has 6 nitrogen and oxygen atoms in total. The summed E-state index contributed by atoms with van der Waals surface area (Å²) in [6.45, 7) is 0. The predicted octanol–water partition coefficient (Wildman–Crippen LogP) is -1.21. The van der Waals surface area contributed by atoms with Crippen LogP contribution in [0.5, 0.6) is 0 Å². The lowest BCUT2D eigenvalue weighted by Crippen LogP contribution is -1.93. The summed E-state index contributed by atoms with van der Waals surface area (Å²) in [5.41, 5.74) is 5.47. The van der Waals surface area contributed by atoms with E-state index in [2.05, 4.69) is 21.3 Å². The highest BCUT2D eigenvalue weighted by molar-refractivity contribution is 5.45. The molecule has 42 valence electrons. The van der Waals surface area contributed by atoms with Crippen LogP contribution in [0.4, 0.5) is 0 Å². The lowest BCUT2D eigenvalue weighted by molar-refractivity contribution is -0.111. The molecule has 0 saturated carbocycles. The highest BCUT2D eigenvalue weighted by Gasteiger charge is 1.72. The van der Waals surface area contributed by atoms with Gasteiger partial charge in [0.2, 0.25) is 0 Å². The van der Waals surface area contributed by atoms with Crippen molar-refractivity contribution < 1.29 is 9.59 Å². The van der Waals surface area contributed by atoms with Gasteiger partial charge < -0.3 is 0 Å². The van der Waals surface area contributed by atoms with Crippen molar-refractivity contribution in [3.05, 3.63) is 0 Å². The molecule has 0 saturated heterocycles. The predicted molar refractivity (Wildman–Crippen MR) is 21.3 cm³/mol. The van der Waals surface area contributed by atoms with E-state index in [1.165, 1.54) is 0 Å². The first-order valence-corrected chi connectivity index (χ1v) is 1.59. The molecule has 0 fully saturated rings. The van der Waals surface area contributed by atoms with Gasteiger partial charge in [-0.2, -0.15) is 0 Å². The van der Waals surface area contributed by atoms with E-state index in [-0.39, 0.29) is 12.8 Å². The van der Waals surface area contributed by atoms with Crippen LogP contribution in [0, 0.1) is 0 Å². The van der Waals surface area contributed by atoms with Crippen molar-refractivity contribution in [2.75, 3.05) is 0 Å². The third-order valence-corrected chi connectivity index (χ3v) is 0.238. The van der Waals surface area contributed by atoms with Gasteiger partial charge in [0.15, 0.2) is 0 Å². The Morgan fingerprint density at radius 1 is 0.875 bits per heavy atom. The van der Waals surface area contributed by atoms with Crippen molar-refractivity contribution in [2.45, 2.75) is 0 Å². The molecule has 0 heterocycles. The summed E-state index contributed by atoms with van der Waals surface area (Å²) < 4.78 is 0. The van der Waals surface area contributed by atoms with E-state index in [9.17, 15) is 9.59 Å². The number of carbonyl (C=O) groups is 2. The molecule has 2 radical (unpaired) electrons. The van der Waals surface area contributed by atoms with Gasteiger partial charge in [-0.1, -0.05) is 10.9 Å². The second-order valence-electron chi connectivity index (χ2n) is 0.621. The Labute approximate surface area is 44.9 Å². The van der Waals surface area contributed by atoms with Gasteiger partial charge in [0.1, 0.15) is 0 Å². The Balaban J connectivity index is 3.06. The Morgan fingerprint density at radius 3 is 1.50 bits per heavy atom. The fraction of sp³-hybridized carbons (Fsp3) is 0. The van der Waals surface area contributed by atoms with Crippen molar-refractivity contribution in [3.8, 4) is 0 Å². The molecule has 0 atom stereocenters. The first kappa shape index (κ1) is 6.54. The molecule has 2 amide bonds. The van der Waals surface area contributed by atoms with Crippen molar-refractivity contribution >= 4 is 12.8 Å². The van der Waals surface area contributed by atoms with E-state index in [1.54, 1.807) is 0 Å². The van der Waals surface area contributed by atoms with Crippen molar-refractivity contribution in [1.29, 1.82) is 0 Å². The third-order valence-electron chi connectivity index (χ3n) is 0.238. The summed E-state index contributed by atoms with van der Waals surface area (Å²) in [6.07, 6.45) is 0.369. The smallest absolute Gasteiger partial charge is 0.254 e. The van der Waals surface area contributed by atoms with Crippen LogP contribution in [-0.2, 0) is 9.59 Å². The summed E-state index contributed by atoms with van der Waals surface area (Å²) >= 11 is 0. The minimum Gasteiger partial charge on any atom is -0.275 e. The fourth-order valence-corrected chi connectivity index (χ4v) is 0.0884. The minimum atomic E-state index is 0.184. The summed E-state index contributed by atoms with van der Waals surface area (Å²) in [5, 5.41) is 5.53. The zero-order valence-electron chi connectivity index (χ0n) is 3.76. The van der Waals surface area contributed by atoms with Gasteiger partial charge in [0, 0.05) is 0 Å². The lowest BCUT2D eigenvalue weighted by Gasteiger charge is -1.72. The second kappa shape index (κ2) is 5.54. The Morgan fingerprint density at radius 2 is 1.25 bits per heavy atom. The van der Waals surface area contributed by atoms with Crippen LogP contribution < -0.4 is 10.9 Å². The quantitative estimate of drug-likeness (QED) is 0.261. The summed E-state index contributed by atoms with van der Waals surface area (Å²) in [5.74, 6) is 0. The summed E-state index contributed by atoms with van der Waals surface area (Å²) in [7, 11) is 0. The van der Waals surface area contributed by atoms with E-state index in [0.717, 1.165) is 0 Å². The number of hydrogen-bond acceptors (Lipinski definition) is 4. The van der Waals surface area contributed by atoms with Crippen molar-refractivity contribution in [2.24, 2.45) is 10.4 Å². The van der Waals surface area contributed by atoms with Gasteiger partial charge in [-0.25, -0.2) is 0 Å². The van der Waals surface area contributed by atoms with E-state index in [4.69, 9.17) is 0 Å². The van der Waals surface area contributed by atoms with E-state index in [1.807, 2.05) is 0 Å². The summed E-state index contributed by atoms with van der Waals surface area (Å²) in [6, 6.07) is 0. The molecule has 0 bridgehead atoms. The molecule has 0 aliphatic rings. The van der Waals surface area contributed by atoms with Crippen LogP contribution in [0.3, 0.4) is 0 Å². The molecular formula is C2H2N4O2. The molecule has 6 heteroatoms. The van der Waals surface area contributed by atoms with Crippen LogP contribution >= 0.6 is 0 Å². The van der Waals surface area contributed by atoms with Crippen LogP contribution in [0.2, 0.25) is 0 Å². The third kappa shape index (κ3) is 4.54. The van der Waals surface area contributed by atoms with Crippen molar-refractivity contribution in [3.63, 3.8) is 0 Å². The van der Waals surface area contributed by atoms with E-state index in [0.29, 0.717) is 0 Å². The maximum atomic E-state index is 9.32. The number of carbonyl (C=O) groups excluding carboxylic acids is 2. The molecule has 0 aromatic rings. The lowest BCUT2D eigenvalue weighted by atomic mass is 11.4. The fourth-order valence-electron chi connectivity index (χ4n) is 0.0884. The standard InChI is InChI=1S/C2H2N4O2/c7-1-3-5-6-4-2-8/h1-2H/b6-5+. The number of rotatable bonds is 4. The molecule has 0 aromatic carbocycles. The van der Waals surface area contributed by atoms with Gasteiger partial charge in [-0.15, -0.1) is 0 Å². The molecule has 0 rings (SSSR count). The molecule has 0 spiro atoms. The second-order valence-corrected chi connectivity index (χ2v) is 0.621. The normalized spacial score (nSPS) is 8.50. The zero-order valence-corrected chi connectivity index (χ0v) is 3.76. The van der Waals surface area contributed by atoms with Gasteiger partial charge in [-0.3, -0.25) is 9.59 Å². The zero-order chi connectivity index (χ0) is 6.24. The molecule has 0 aliphatic heterocycles. The van der Waals surface area contributed by atoms with Crippen LogP contribution in [0.1, 0.15) is 0 Å². The minimum absolute atomic E-state index is 0.184. The average molecular weight is 114 g/mol. The SMILES string of the molecule is O=C[N]/N=N/[N]C=O. The molecule has 0 aromatic heterocycles. The van der Waals surface area contributed by atoms with Gasteiger partial charge in [0.25, 0.3) is 12.8 Å². The van der Waals surface area contributed by atoms with Gasteiger partial charge >= 0.3 is 0 Å². The first-order chi connectivity index (χ1) is 3.91. The Hall–Kier alpha value is -1.46. The molecule has 0 N–H and O–H groups in total. The maximum absolute atomic E-state index is 9.32. The van der Waals surface area contributed by atoms with Crippen LogP contribution in [-0.4, -0.2) is 12.8 Å². The molecular weight excluding hydrogens is 112 g/mol. The monoisotopic (exact) mass is 114 g/mol. The highest BCUT2D eigenvalue weighted by Crippen LogP contribution is 1.59. The topological polar surface area (TPSA) is 87.1 Å². The van der Waals surface area contributed by atoms with E-state index >= 15 is 0 Å². The summed E-state index contributed by atoms with van der Waals surface area (Å²) in [4.78, 5) is 18.6. The van der Waals surface area contributed by atoms with Crippen molar-refractivity contribution in [1.82, 2.24) is 10.9 Å². The number of nitrogens with zero attached hydrogens (tertiary/aromatic N) is 4. The molecule has 0 aliphatic carbocycles. The number of amides is 2. The van der Waals surface area contributed by atoms with E-state index < -0.39 is 0 Å². The number of hydrogen-bond donors (Lipinski definition) is 0. The van der Waals surface area contributed by atoms with Crippen LogP contribution in [0.25, 0.3) is 0 Å². The van der Waals surface area contributed by atoms with Crippen LogP contribution in [0.15, 0.2) is 10.4 Å². The molecule has 8 heavy (non-hydrogen) atoms. The largest absolute Gasteiger partial charge is 0.275 e. The van der Waals surface area contributed by atoms with Gasteiger partial charge in [0.05, 0.1) is 0 Å². The first-order valence-electron chi connectivity index (χ1n) is 1.59. The Bertz CT molecular complexity index is 88.2. The highest BCUT2D eigenvalue weighted by atomic mass is 16.1. The Kier molecular flexibility index (Phi) is 4.53. The maximum Gasteiger partial charge on any atom is 0.254 e. The van der Waals surface area contributed by atoms with Gasteiger partial charge in [-0.05, 0) is 10.4 Å². The average Bonchev–Trinajstić information content (AvgIpc) is 1.81.